The first kappa shape index (κ1) is 16.2. The van der Waals surface area contributed by atoms with Crippen LogP contribution in [-0.4, -0.2) is 25.2 Å². The minimum absolute atomic E-state index is 0.187. The van der Waals surface area contributed by atoms with E-state index < -0.39 is 0 Å². The summed E-state index contributed by atoms with van der Waals surface area (Å²) in [5.74, 6) is -0.533. The average Bonchev–Trinajstić information content (AvgIpc) is 2.41. The van der Waals surface area contributed by atoms with Crippen LogP contribution in [0.3, 0.4) is 0 Å². The fourth-order valence-electron chi connectivity index (χ4n) is 1.81. The van der Waals surface area contributed by atoms with Crippen LogP contribution in [0.25, 0.3) is 0 Å². The van der Waals surface area contributed by atoms with E-state index in [1.807, 2.05) is 31.2 Å². The van der Waals surface area contributed by atoms with Crippen molar-refractivity contribution in [2.45, 2.75) is 39.5 Å². The van der Waals surface area contributed by atoms with Gasteiger partial charge in [0.1, 0.15) is 0 Å². The summed E-state index contributed by atoms with van der Waals surface area (Å²) in [5, 5.41) is 0. The molecule has 0 saturated heterocycles. The molecule has 20 heavy (non-hydrogen) atoms. The molecule has 0 heterocycles. The van der Waals surface area contributed by atoms with Crippen LogP contribution in [0, 0.1) is 0 Å². The molecule has 4 heteroatoms. The zero-order valence-electron chi connectivity index (χ0n) is 12.2. The highest BCUT2D eigenvalue weighted by atomic mass is 16.5. The van der Waals surface area contributed by atoms with Gasteiger partial charge in [-0.2, -0.15) is 0 Å². The van der Waals surface area contributed by atoms with Crippen LogP contribution in [0.5, 0.6) is 0 Å². The standard InChI is InChI=1S/C16H22O4/c1-3-5-10-20-16(18)12-14-9-7-6-8-13(14)11-15(17)19-4-2/h6-9H,3-5,10-12H2,1-2H3. The molecule has 1 aromatic rings. The first-order chi connectivity index (χ1) is 9.67. The second-order valence-electron chi connectivity index (χ2n) is 4.50. The van der Waals surface area contributed by atoms with Gasteiger partial charge in [0.05, 0.1) is 26.1 Å². The van der Waals surface area contributed by atoms with Gasteiger partial charge in [0, 0.05) is 0 Å². The number of benzene rings is 1. The Morgan fingerprint density at radius 2 is 1.50 bits per heavy atom. The number of ether oxygens (including phenoxy) is 2. The van der Waals surface area contributed by atoms with E-state index in [1.165, 1.54) is 0 Å². The van der Waals surface area contributed by atoms with Gasteiger partial charge in [0.25, 0.3) is 0 Å². The molecule has 4 nitrogen and oxygen atoms in total. The van der Waals surface area contributed by atoms with Crippen LogP contribution in [0.1, 0.15) is 37.8 Å². The maximum absolute atomic E-state index is 11.7. The normalized spacial score (nSPS) is 10.1. The van der Waals surface area contributed by atoms with E-state index in [0.29, 0.717) is 13.2 Å². The Balaban J connectivity index is 2.60. The van der Waals surface area contributed by atoms with Gasteiger partial charge in [-0.3, -0.25) is 9.59 Å². The number of carbonyl (C=O) groups is 2. The van der Waals surface area contributed by atoms with Crippen molar-refractivity contribution in [3.05, 3.63) is 35.4 Å². The summed E-state index contributed by atoms with van der Waals surface area (Å²) in [6.07, 6.45) is 2.24. The number of esters is 2. The Hall–Kier alpha value is -1.84. The van der Waals surface area contributed by atoms with E-state index in [9.17, 15) is 9.59 Å². The molecule has 0 radical (unpaired) electrons. The van der Waals surface area contributed by atoms with Crippen molar-refractivity contribution in [2.24, 2.45) is 0 Å². The van der Waals surface area contributed by atoms with Crippen LogP contribution in [0.2, 0.25) is 0 Å². The molecule has 0 aromatic heterocycles. The van der Waals surface area contributed by atoms with Gasteiger partial charge in [-0.1, -0.05) is 37.6 Å². The Labute approximate surface area is 120 Å². The predicted octanol–water partition coefficient (Wildman–Crippen LogP) is 2.68. The van der Waals surface area contributed by atoms with Gasteiger partial charge in [0.15, 0.2) is 0 Å². The van der Waals surface area contributed by atoms with E-state index in [1.54, 1.807) is 6.92 Å². The fraction of sp³-hybridized carbons (Fsp3) is 0.500. The highest BCUT2D eigenvalue weighted by molar-refractivity contribution is 5.76. The molecular formula is C16H22O4. The quantitative estimate of drug-likeness (QED) is 0.542. The van der Waals surface area contributed by atoms with Crippen LogP contribution in [-0.2, 0) is 31.9 Å². The average molecular weight is 278 g/mol. The van der Waals surface area contributed by atoms with Crippen LogP contribution in [0.4, 0.5) is 0 Å². The maximum atomic E-state index is 11.7. The predicted molar refractivity (Wildman–Crippen MR) is 76.4 cm³/mol. The van der Waals surface area contributed by atoms with Gasteiger partial charge in [-0.15, -0.1) is 0 Å². The van der Waals surface area contributed by atoms with Crippen LogP contribution < -0.4 is 0 Å². The van der Waals surface area contributed by atoms with Gasteiger partial charge < -0.3 is 9.47 Å². The summed E-state index contributed by atoms with van der Waals surface area (Å²) in [6, 6.07) is 7.38. The van der Waals surface area contributed by atoms with Gasteiger partial charge in [0.2, 0.25) is 0 Å². The molecule has 1 rings (SSSR count). The Morgan fingerprint density at radius 3 is 2.00 bits per heavy atom. The molecule has 110 valence electrons. The number of unbranched alkanes of at least 4 members (excludes halogenated alkanes) is 1. The highest BCUT2D eigenvalue weighted by Crippen LogP contribution is 2.12. The molecule has 0 saturated carbocycles. The second-order valence-corrected chi connectivity index (χ2v) is 4.50. The van der Waals surface area contributed by atoms with Crippen molar-refractivity contribution in [3.63, 3.8) is 0 Å². The molecule has 0 aliphatic carbocycles. The lowest BCUT2D eigenvalue weighted by Gasteiger charge is -2.09. The van der Waals surface area contributed by atoms with Gasteiger partial charge >= 0.3 is 11.9 Å². The fourth-order valence-corrected chi connectivity index (χ4v) is 1.81. The summed E-state index contributed by atoms with van der Waals surface area (Å²) in [6.45, 7) is 4.63. The molecule has 0 aliphatic heterocycles. The van der Waals surface area contributed by atoms with E-state index in [0.717, 1.165) is 24.0 Å². The van der Waals surface area contributed by atoms with Gasteiger partial charge in [-0.25, -0.2) is 0 Å². The lowest BCUT2D eigenvalue weighted by molar-refractivity contribution is -0.144. The number of hydrogen-bond donors (Lipinski definition) is 0. The monoisotopic (exact) mass is 278 g/mol. The molecule has 0 atom stereocenters. The minimum atomic E-state index is -0.278. The smallest absolute Gasteiger partial charge is 0.310 e. The number of hydrogen-bond acceptors (Lipinski definition) is 4. The zero-order valence-corrected chi connectivity index (χ0v) is 12.2. The van der Waals surface area contributed by atoms with Crippen molar-refractivity contribution < 1.29 is 19.1 Å². The molecule has 0 N–H and O–H groups in total. The lowest BCUT2D eigenvalue weighted by Crippen LogP contribution is -2.13. The molecular weight excluding hydrogens is 256 g/mol. The van der Waals surface area contributed by atoms with E-state index in [4.69, 9.17) is 9.47 Å². The third kappa shape index (κ3) is 5.87. The topological polar surface area (TPSA) is 52.6 Å². The summed E-state index contributed by atoms with van der Waals surface area (Å²) >= 11 is 0. The first-order valence-corrected chi connectivity index (χ1v) is 7.05. The zero-order chi connectivity index (χ0) is 14.8. The number of carbonyl (C=O) groups excluding carboxylic acids is 2. The molecule has 0 spiro atoms. The van der Waals surface area contributed by atoms with Crippen molar-refractivity contribution in [1.29, 1.82) is 0 Å². The Morgan fingerprint density at radius 1 is 0.950 bits per heavy atom. The Bertz CT molecular complexity index is 440. The van der Waals surface area contributed by atoms with Gasteiger partial charge in [-0.05, 0) is 24.5 Å². The molecule has 0 unspecified atom stereocenters. The summed E-state index contributed by atoms with van der Waals surface area (Å²) in [5.41, 5.74) is 1.64. The second kappa shape index (κ2) is 9.13. The SMILES string of the molecule is CCCCOC(=O)Cc1ccccc1CC(=O)OCC. The summed E-state index contributed by atoms with van der Waals surface area (Å²) < 4.78 is 10.1. The third-order valence-corrected chi connectivity index (χ3v) is 2.85. The third-order valence-electron chi connectivity index (χ3n) is 2.85. The maximum Gasteiger partial charge on any atom is 0.310 e. The van der Waals surface area contributed by atoms with Crippen molar-refractivity contribution >= 4 is 11.9 Å². The highest BCUT2D eigenvalue weighted by Gasteiger charge is 2.12. The summed E-state index contributed by atoms with van der Waals surface area (Å²) in [7, 11) is 0. The largest absolute Gasteiger partial charge is 0.466 e. The lowest BCUT2D eigenvalue weighted by atomic mass is 10.0. The van der Waals surface area contributed by atoms with E-state index in [2.05, 4.69) is 0 Å². The minimum Gasteiger partial charge on any atom is -0.466 e. The van der Waals surface area contributed by atoms with Crippen molar-refractivity contribution in [2.75, 3.05) is 13.2 Å². The first-order valence-electron chi connectivity index (χ1n) is 7.05. The van der Waals surface area contributed by atoms with Crippen LogP contribution in [0.15, 0.2) is 24.3 Å². The number of rotatable bonds is 8. The van der Waals surface area contributed by atoms with E-state index in [-0.39, 0.29) is 24.8 Å². The van der Waals surface area contributed by atoms with E-state index >= 15 is 0 Å². The van der Waals surface area contributed by atoms with Crippen molar-refractivity contribution in [3.8, 4) is 0 Å². The molecule has 0 aliphatic rings. The summed E-state index contributed by atoms with van der Waals surface area (Å²) in [4.78, 5) is 23.2. The van der Waals surface area contributed by atoms with Crippen LogP contribution >= 0.6 is 0 Å². The van der Waals surface area contributed by atoms with Crippen molar-refractivity contribution in [1.82, 2.24) is 0 Å². The molecule has 0 bridgehead atoms. The molecule has 0 fully saturated rings. The molecule has 1 aromatic carbocycles. The molecule has 0 amide bonds. The Kier molecular flexibility index (Phi) is 7.40.